The van der Waals surface area contributed by atoms with Gasteiger partial charge in [-0.3, -0.25) is 4.90 Å². The largest absolute Gasteiger partial charge is 0.508 e. The predicted molar refractivity (Wildman–Crippen MR) is 83.0 cm³/mol. The molecule has 20 heavy (non-hydrogen) atoms. The molecule has 1 aliphatic carbocycles. The summed E-state index contributed by atoms with van der Waals surface area (Å²) in [6.07, 6.45) is 7.61. The Labute approximate surface area is 122 Å². The maximum atomic E-state index is 9.69. The fourth-order valence-corrected chi connectivity index (χ4v) is 4.22. The Kier molecular flexibility index (Phi) is 3.76. The van der Waals surface area contributed by atoms with E-state index in [-0.39, 0.29) is 0 Å². The minimum atomic E-state index is 0.419. The van der Waals surface area contributed by atoms with Crippen LogP contribution in [-0.2, 0) is 6.42 Å². The van der Waals surface area contributed by atoms with Crippen molar-refractivity contribution in [3.8, 4) is 5.75 Å². The van der Waals surface area contributed by atoms with Gasteiger partial charge in [-0.25, -0.2) is 0 Å². The minimum absolute atomic E-state index is 0.419. The number of phenols is 1. The summed E-state index contributed by atoms with van der Waals surface area (Å²) in [4.78, 5) is 2.71. The van der Waals surface area contributed by atoms with Gasteiger partial charge in [0.25, 0.3) is 0 Å². The molecule has 1 aliphatic heterocycles. The second-order valence-electron chi connectivity index (χ2n) is 6.72. The Bertz CT molecular complexity index is 478. The summed E-state index contributed by atoms with van der Waals surface area (Å²) in [5, 5.41) is 9.69. The molecule has 1 aromatic carbocycles. The van der Waals surface area contributed by atoms with Crippen molar-refractivity contribution in [1.29, 1.82) is 0 Å². The Hall–Kier alpha value is -1.02. The van der Waals surface area contributed by atoms with Crippen LogP contribution < -0.4 is 0 Å². The summed E-state index contributed by atoms with van der Waals surface area (Å²) in [7, 11) is 0. The lowest BCUT2D eigenvalue weighted by Gasteiger charge is -2.35. The van der Waals surface area contributed by atoms with Crippen LogP contribution in [0, 0.1) is 5.41 Å². The van der Waals surface area contributed by atoms with Crippen LogP contribution in [0.5, 0.6) is 5.75 Å². The Morgan fingerprint density at radius 3 is 2.80 bits per heavy atom. The van der Waals surface area contributed by atoms with E-state index in [4.69, 9.17) is 0 Å². The first kappa shape index (κ1) is 13.9. The quantitative estimate of drug-likeness (QED) is 0.888. The van der Waals surface area contributed by atoms with Crippen molar-refractivity contribution in [2.75, 3.05) is 13.1 Å². The van der Waals surface area contributed by atoms with E-state index in [1.54, 1.807) is 0 Å². The molecule has 2 nitrogen and oxygen atoms in total. The number of hydrogen-bond donors (Lipinski definition) is 1. The van der Waals surface area contributed by atoms with Crippen molar-refractivity contribution < 1.29 is 5.11 Å². The summed E-state index contributed by atoms with van der Waals surface area (Å²) < 4.78 is 0. The lowest BCUT2D eigenvalue weighted by Crippen LogP contribution is -2.32. The highest BCUT2D eigenvalue weighted by molar-refractivity contribution is 5.38. The molecule has 3 rings (SSSR count). The predicted octanol–water partition coefficient (Wildman–Crippen LogP) is 4.28. The lowest BCUT2D eigenvalue weighted by atomic mass is 9.81. The van der Waals surface area contributed by atoms with Gasteiger partial charge in [-0.1, -0.05) is 19.9 Å². The van der Waals surface area contributed by atoms with Crippen molar-refractivity contribution >= 4 is 0 Å². The molecule has 1 aromatic rings. The minimum Gasteiger partial charge on any atom is -0.508 e. The molecule has 2 heteroatoms. The van der Waals surface area contributed by atoms with Gasteiger partial charge < -0.3 is 5.11 Å². The zero-order valence-corrected chi connectivity index (χ0v) is 12.9. The van der Waals surface area contributed by atoms with Crippen LogP contribution in [0.4, 0.5) is 0 Å². The third-order valence-electron chi connectivity index (χ3n) is 5.82. The number of fused-ring (bicyclic) bond motifs is 1. The Morgan fingerprint density at radius 2 is 2.10 bits per heavy atom. The van der Waals surface area contributed by atoms with E-state index in [1.807, 2.05) is 12.1 Å². The zero-order valence-electron chi connectivity index (χ0n) is 12.9. The van der Waals surface area contributed by atoms with Gasteiger partial charge in [0.2, 0.25) is 0 Å². The first-order valence-corrected chi connectivity index (χ1v) is 8.23. The third kappa shape index (κ3) is 2.35. The number of likely N-dealkylation sites (tertiary alicyclic amines) is 1. The van der Waals surface area contributed by atoms with Crippen molar-refractivity contribution in [2.45, 2.75) is 58.4 Å². The monoisotopic (exact) mass is 273 g/mol. The number of benzene rings is 1. The molecule has 1 N–H and O–H groups in total. The molecule has 1 unspecified atom stereocenters. The van der Waals surface area contributed by atoms with Crippen LogP contribution in [0.25, 0.3) is 0 Å². The van der Waals surface area contributed by atoms with Crippen molar-refractivity contribution in [1.82, 2.24) is 4.90 Å². The van der Waals surface area contributed by atoms with Gasteiger partial charge in [0.1, 0.15) is 5.75 Å². The maximum absolute atomic E-state index is 9.69. The standard InChI is InChI=1S/C18H27NO/c1-3-18(4-2)10-11-19(13-18)17-7-5-6-14-12-15(20)8-9-16(14)17/h8-9,12,17,20H,3-7,10-11,13H2,1-2H3. The first-order valence-electron chi connectivity index (χ1n) is 8.23. The number of aryl methyl sites for hydroxylation is 1. The molecule has 0 radical (unpaired) electrons. The number of rotatable bonds is 3. The Morgan fingerprint density at radius 1 is 1.30 bits per heavy atom. The maximum Gasteiger partial charge on any atom is 0.115 e. The van der Waals surface area contributed by atoms with Gasteiger partial charge in [0, 0.05) is 12.6 Å². The van der Waals surface area contributed by atoms with Gasteiger partial charge in [-0.15, -0.1) is 0 Å². The van der Waals surface area contributed by atoms with Crippen molar-refractivity contribution in [3.05, 3.63) is 29.3 Å². The van der Waals surface area contributed by atoms with E-state index in [9.17, 15) is 5.11 Å². The van der Waals surface area contributed by atoms with E-state index in [0.717, 1.165) is 6.42 Å². The van der Waals surface area contributed by atoms with Gasteiger partial charge in [0.05, 0.1) is 0 Å². The zero-order chi connectivity index (χ0) is 14.2. The topological polar surface area (TPSA) is 23.5 Å². The Balaban J connectivity index is 1.83. The molecule has 1 atom stereocenters. The number of aromatic hydroxyl groups is 1. The molecular weight excluding hydrogens is 246 g/mol. The van der Waals surface area contributed by atoms with E-state index in [2.05, 4.69) is 24.8 Å². The molecule has 1 saturated heterocycles. The van der Waals surface area contributed by atoms with Crippen LogP contribution in [-0.4, -0.2) is 23.1 Å². The fraction of sp³-hybridized carbons (Fsp3) is 0.667. The van der Waals surface area contributed by atoms with Gasteiger partial charge >= 0.3 is 0 Å². The van der Waals surface area contributed by atoms with Crippen LogP contribution >= 0.6 is 0 Å². The lowest BCUT2D eigenvalue weighted by molar-refractivity contribution is 0.180. The average molecular weight is 273 g/mol. The third-order valence-corrected chi connectivity index (χ3v) is 5.82. The van der Waals surface area contributed by atoms with E-state index >= 15 is 0 Å². The highest BCUT2D eigenvalue weighted by Gasteiger charge is 2.39. The van der Waals surface area contributed by atoms with Crippen LogP contribution in [0.1, 0.15) is 63.1 Å². The molecule has 0 aromatic heterocycles. The second kappa shape index (κ2) is 5.40. The van der Waals surface area contributed by atoms with E-state index < -0.39 is 0 Å². The number of nitrogens with zero attached hydrogens (tertiary/aromatic N) is 1. The second-order valence-corrected chi connectivity index (χ2v) is 6.72. The molecule has 0 spiro atoms. The number of hydrogen-bond acceptors (Lipinski definition) is 2. The highest BCUT2D eigenvalue weighted by Crippen LogP contribution is 2.44. The molecule has 1 fully saturated rings. The van der Waals surface area contributed by atoms with Gasteiger partial charge in [0.15, 0.2) is 0 Å². The average Bonchev–Trinajstić information content (AvgIpc) is 2.91. The van der Waals surface area contributed by atoms with E-state index in [0.29, 0.717) is 17.2 Å². The van der Waals surface area contributed by atoms with Crippen molar-refractivity contribution in [3.63, 3.8) is 0 Å². The summed E-state index contributed by atoms with van der Waals surface area (Å²) in [6.45, 7) is 7.19. The first-order chi connectivity index (χ1) is 9.67. The summed E-state index contributed by atoms with van der Waals surface area (Å²) in [6, 6.07) is 6.58. The van der Waals surface area contributed by atoms with E-state index in [1.165, 1.54) is 56.3 Å². The summed E-state index contributed by atoms with van der Waals surface area (Å²) in [5.41, 5.74) is 3.39. The van der Waals surface area contributed by atoms with Crippen LogP contribution in [0.15, 0.2) is 18.2 Å². The molecule has 0 bridgehead atoms. The van der Waals surface area contributed by atoms with Crippen LogP contribution in [0.3, 0.4) is 0 Å². The van der Waals surface area contributed by atoms with Crippen LogP contribution in [0.2, 0.25) is 0 Å². The smallest absolute Gasteiger partial charge is 0.115 e. The van der Waals surface area contributed by atoms with Gasteiger partial charge in [-0.05, 0) is 73.7 Å². The van der Waals surface area contributed by atoms with Gasteiger partial charge in [-0.2, -0.15) is 0 Å². The molecular formula is C18H27NO. The van der Waals surface area contributed by atoms with Crippen molar-refractivity contribution in [2.24, 2.45) is 5.41 Å². The summed E-state index contributed by atoms with van der Waals surface area (Å²) >= 11 is 0. The SMILES string of the molecule is CCC1(CC)CCN(C2CCCc3cc(O)ccc32)C1. The molecule has 0 amide bonds. The molecule has 2 aliphatic rings. The summed E-state index contributed by atoms with van der Waals surface area (Å²) in [5.74, 6) is 0.419. The highest BCUT2D eigenvalue weighted by atomic mass is 16.3. The number of phenolic OH excluding ortho intramolecular Hbond substituents is 1. The molecule has 0 saturated carbocycles. The molecule has 110 valence electrons. The fourth-order valence-electron chi connectivity index (χ4n) is 4.22. The molecule has 1 heterocycles. The normalized spacial score (nSPS) is 25.6.